The molecule has 1 unspecified atom stereocenters. The number of likely N-dealkylation sites (N-methyl/N-ethyl adjacent to an activating group) is 1. The third kappa shape index (κ3) is 2.47. The molecular formula is C11H16N2O2. The number of carbonyl (C=O) groups excluding carboxylic acids is 1. The van der Waals surface area contributed by atoms with Gasteiger partial charge in [0, 0.05) is 17.3 Å². The van der Waals surface area contributed by atoms with E-state index in [0.717, 1.165) is 0 Å². The summed E-state index contributed by atoms with van der Waals surface area (Å²) in [6.07, 6.45) is 0. The van der Waals surface area contributed by atoms with Crippen molar-refractivity contribution in [1.82, 2.24) is 5.32 Å². The lowest BCUT2D eigenvalue weighted by molar-refractivity contribution is 0.0956. The Kier molecular flexibility index (Phi) is 3.68. The first-order valence-corrected chi connectivity index (χ1v) is 4.75. The summed E-state index contributed by atoms with van der Waals surface area (Å²) in [7, 11) is 3.30. The van der Waals surface area contributed by atoms with Crippen LogP contribution in [-0.4, -0.2) is 26.0 Å². The van der Waals surface area contributed by atoms with Crippen molar-refractivity contribution in [3.05, 3.63) is 23.8 Å². The fourth-order valence-corrected chi connectivity index (χ4v) is 1.26. The first kappa shape index (κ1) is 11.5. The summed E-state index contributed by atoms with van der Waals surface area (Å²) in [5, 5.41) is 2.88. The SMILES string of the molecule is CNC(C)C(=O)c1ccc(OC)cc1N. The van der Waals surface area contributed by atoms with Gasteiger partial charge in [0.2, 0.25) is 0 Å². The van der Waals surface area contributed by atoms with E-state index < -0.39 is 0 Å². The molecule has 0 aliphatic heterocycles. The van der Waals surface area contributed by atoms with E-state index in [1.54, 1.807) is 39.3 Å². The van der Waals surface area contributed by atoms with Crippen LogP contribution in [-0.2, 0) is 0 Å². The van der Waals surface area contributed by atoms with Gasteiger partial charge in [-0.25, -0.2) is 0 Å². The molecule has 0 amide bonds. The highest BCUT2D eigenvalue weighted by atomic mass is 16.5. The van der Waals surface area contributed by atoms with Gasteiger partial charge in [-0.1, -0.05) is 0 Å². The van der Waals surface area contributed by atoms with Crippen molar-refractivity contribution in [3.8, 4) is 5.75 Å². The van der Waals surface area contributed by atoms with Gasteiger partial charge in [0.15, 0.2) is 5.78 Å². The van der Waals surface area contributed by atoms with Crippen LogP contribution in [0.1, 0.15) is 17.3 Å². The maximum Gasteiger partial charge on any atom is 0.181 e. The maximum absolute atomic E-state index is 11.8. The predicted octanol–water partition coefficient (Wildman–Crippen LogP) is 1.07. The summed E-state index contributed by atoms with van der Waals surface area (Å²) in [5.74, 6) is 0.638. The Morgan fingerprint density at radius 1 is 1.53 bits per heavy atom. The van der Waals surface area contributed by atoms with E-state index in [1.165, 1.54) is 0 Å². The molecule has 0 spiro atoms. The molecule has 0 saturated carbocycles. The predicted molar refractivity (Wildman–Crippen MR) is 60.3 cm³/mol. The normalized spacial score (nSPS) is 12.2. The van der Waals surface area contributed by atoms with Crippen LogP contribution in [0.4, 0.5) is 5.69 Å². The number of nitrogens with two attached hydrogens (primary N) is 1. The molecule has 82 valence electrons. The van der Waals surface area contributed by atoms with Crippen molar-refractivity contribution in [2.24, 2.45) is 0 Å². The number of ether oxygens (including phenoxy) is 1. The molecule has 15 heavy (non-hydrogen) atoms. The molecule has 4 nitrogen and oxygen atoms in total. The zero-order valence-electron chi connectivity index (χ0n) is 9.20. The zero-order chi connectivity index (χ0) is 11.4. The number of hydrogen-bond acceptors (Lipinski definition) is 4. The molecule has 0 bridgehead atoms. The minimum Gasteiger partial charge on any atom is -0.497 e. The number of carbonyl (C=O) groups is 1. The number of Topliss-reactive ketones (excluding diaryl/α,β-unsaturated/α-hetero) is 1. The largest absolute Gasteiger partial charge is 0.497 e. The van der Waals surface area contributed by atoms with E-state index in [0.29, 0.717) is 17.0 Å². The number of anilines is 1. The number of nitrogen functional groups attached to an aromatic ring is 1. The maximum atomic E-state index is 11.8. The van der Waals surface area contributed by atoms with Crippen LogP contribution < -0.4 is 15.8 Å². The summed E-state index contributed by atoms with van der Waals surface area (Å²) in [6, 6.07) is 4.83. The molecule has 4 heteroatoms. The Morgan fingerprint density at radius 2 is 2.20 bits per heavy atom. The highest BCUT2D eigenvalue weighted by molar-refractivity contribution is 6.04. The van der Waals surface area contributed by atoms with Gasteiger partial charge in [0.25, 0.3) is 0 Å². The summed E-state index contributed by atoms with van der Waals surface area (Å²) < 4.78 is 5.01. The average Bonchev–Trinajstić information content (AvgIpc) is 2.26. The van der Waals surface area contributed by atoms with Crippen LogP contribution >= 0.6 is 0 Å². The molecule has 0 aliphatic rings. The fraction of sp³-hybridized carbons (Fsp3) is 0.364. The lowest BCUT2D eigenvalue weighted by Gasteiger charge is -2.11. The van der Waals surface area contributed by atoms with E-state index in [4.69, 9.17) is 10.5 Å². The van der Waals surface area contributed by atoms with Crippen molar-refractivity contribution < 1.29 is 9.53 Å². The number of ketones is 1. The second-order valence-electron chi connectivity index (χ2n) is 3.33. The van der Waals surface area contributed by atoms with E-state index in [2.05, 4.69) is 5.32 Å². The van der Waals surface area contributed by atoms with Crippen molar-refractivity contribution in [1.29, 1.82) is 0 Å². The van der Waals surface area contributed by atoms with Crippen LogP contribution in [0.15, 0.2) is 18.2 Å². The van der Waals surface area contributed by atoms with Crippen molar-refractivity contribution in [3.63, 3.8) is 0 Å². The quantitative estimate of drug-likeness (QED) is 0.574. The van der Waals surface area contributed by atoms with Crippen LogP contribution in [0.25, 0.3) is 0 Å². The fourth-order valence-electron chi connectivity index (χ4n) is 1.26. The second-order valence-corrected chi connectivity index (χ2v) is 3.33. The highest BCUT2D eigenvalue weighted by Crippen LogP contribution is 2.20. The van der Waals surface area contributed by atoms with Crippen molar-refractivity contribution in [2.45, 2.75) is 13.0 Å². The monoisotopic (exact) mass is 208 g/mol. The molecule has 0 heterocycles. The van der Waals surface area contributed by atoms with Crippen molar-refractivity contribution >= 4 is 11.5 Å². The summed E-state index contributed by atoms with van der Waals surface area (Å²) in [4.78, 5) is 11.8. The first-order valence-electron chi connectivity index (χ1n) is 4.75. The number of hydrogen-bond donors (Lipinski definition) is 2. The second kappa shape index (κ2) is 4.79. The molecule has 0 radical (unpaired) electrons. The molecule has 1 aromatic rings. The van der Waals surface area contributed by atoms with Crippen LogP contribution in [0.2, 0.25) is 0 Å². The van der Waals surface area contributed by atoms with Crippen molar-refractivity contribution in [2.75, 3.05) is 19.9 Å². The van der Waals surface area contributed by atoms with Crippen LogP contribution in [0.5, 0.6) is 5.75 Å². The Morgan fingerprint density at radius 3 is 2.67 bits per heavy atom. The minimum atomic E-state index is -0.235. The average molecular weight is 208 g/mol. The molecular weight excluding hydrogens is 192 g/mol. The lowest BCUT2D eigenvalue weighted by atomic mass is 10.0. The number of rotatable bonds is 4. The smallest absolute Gasteiger partial charge is 0.181 e. The van der Waals surface area contributed by atoms with Gasteiger partial charge in [0.1, 0.15) is 5.75 Å². The van der Waals surface area contributed by atoms with Gasteiger partial charge >= 0.3 is 0 Å². The molecule has 3 N–H and O–H groups in total. The highest BCUT2D eigenvalue weighted by Gasteiger charge is 2.15. The molecule has 0 aliphatic carbocycles. The molecule has 0 aromatic heterocycles. The van der Waals surface area contributed by atoms with Crippen LogP contribution in [0, 0.1) is 0 Å². The molecule has 1 rings (SSSR count). The summed E-state index contributed by atoms with van der Waals surface area (Å²) >= 11 is 0. The lowest BCUT2D eigenvalue weighted by Crippen LogP contribution is -2.31. The number of nitrogens with one attached hydrogen (secondary N) is 1. The number of methoxy groups -OCH3 is 1. The third-order valence-corrected chi connectivity index (χ3v) is 2.35. The molecule has 0 saturated heterocycles. The Bertz CT molecular complexity index is 364. The van der Waals surface area contributed by atoms with Gasteiger partial charge in [0.05, 0.1) is 13.2 Å². The van der Waals surface area contributed by atoms with E-state index >= 15 is 0 Å². The first-order chi connectivity index (χ1) is 7.10. The minimum absolute atomic E-state index is 0.0161. The topological polar surface area (TPSA) is 64.3 Å². The molecule has 1 aromatic carbocycles. The Labute approximate surface area is 89.4 Å². The third-order valence-electron chi connectivity index (χ3n) is 2.35. The Balaban J connectivity index is 3.00. The zero-order valence-corrected chi connectivity index (χ0v) is 9.20. The summed E-state index contributed by atoms with van der Waals surface area (Å²) in [6.45, 7) is 1.80. The van der Waals surface area contributed by atoms with Gasteiger partial charge < -0.3 is 15.8 Å². The van der Waals surface area contributed by atoms with Gasteiger partial charge in [-0.2, -0.15) is 0 Å². The van der Waals surface area contributed by atoms with Gasteiger partial charge in [-0.05, 0) is 26.1 Å². The summed E-state index contributed by atoms with van der Waals surface area (Å²) in [5.41, 5.74) is 6.73. The van der Waals surface area contributed by atoms with E-state index in [1.807, 2.05) is 0 Å². The number of benzene rings is 1. The van der Waals surface area contributed by atoms with E-state index in [-0.39, 0.29) is 11.8 Å². The standard InChI is InChI=1S/C11H16N2O2/c1-7(13-2)11(14)9-5-4-8(15-3)6-10(9)12/h4-7,13H,12H2,1-3H3. The van der Waals surface area contributed by atoms with Crippen LogP contribution in [0.3, 0.4) is 0 Å². The van der Waals surface area contributed by atoms with Gasteiger partial charge in [-0.15, -0.1) is 0 Å². The molecule has 0 fully saturated rings. The van der Waals surface area contributed by atoms with Gasteiger partial charge in [-0.3, -0.25) is 4.79 Å². The van der Waals surface area contributed by atoms with E-state index in [9.17, 15) is 4.79 Å². The molecule has 1 atom stereocenters. The Hall–Kier alpha value is -1.55.